The fourth-order valence-corrected chi connectivity index (χ4v) is 4.28. The molecule has 0 spiro atoms. The molecule has 3 heterocycles. The molecule has 1 aromatic carbocycles. The highest BCUT2D eigenvalue weighted by atomic mass is 19.1. The van der Waals surface area contributed by atoms with Crippen molar-refractivity contribution in [3.05, 3.63) is 58.6 Å². The molecule has 9 heteroatoms. The molecule has 0 radical (unpaired) electrons. The van der Waals surface area contributed by atoms with Crippen molar-refractivity contribution in [3.63, 3.8) is 0 Å². The minimum absolute atomic E-state index is 0.0232. The van der Waals surface area contributed by atoms with Crippen molar-refractivity contribution in [3.8, 4) is 0 Å². The molecule has 1 atom stereocenters. The first-order valence-electron chi connectivity index (χ1n) is 11.9. The maximum atomic E-state index is 14.8. The first-order chi connectivity index (χ1) is 16.5. The third-order valence-electron chi connectivity index (χ3n) is 6.14. The molecular weight excluding hydrogens is 435 g/mol. The van der Waals surface area contributed by atoms with Gasteiger partial charge in [0.1, 0.15) is 12.0 Å². The zero-order chi connectivity index (χ0) is 23.9. The van der Waals surface area contributed by atoms with Crippen LogP contribution in [0.4, 0.5) is 9.18 Å². The van der Waals surface area contributed by atoms with Gasteiger partial charge in [-0.15, -0.1) is 0 Å². The van der Waals surface area contributed by atoms with E-state index in [1.165, 1.54) is 6.07 Å². The predicted octanol–water partition coefficient (Wildman–Crippen LogP) is 3.36. The van der Waals surface area contributed by atoms with Gasteiger partial charge in [0.25, 0.3) is 5.91 Å². The number of urea groups is 1. The Kier molecular flexibility index (Phi) is 7.72. The fraction of sp³-hybridized carbons (Fsp3) is 0.440. The van der Waals surface area contributed by atoms with Crippen molar-refractivity contribution in [2.45, 2.75) is 51.7 Å². The van der Waals surface area contributed by atoms with E-state index in [9.17, 15) is 14.0 Å². The number of hydrogen-bond donors (Lipinski definition) is 2. The van der Waals surface area contributed by atoms with E-state index in [-0.39, 0.29) is 11.6 Å². The SMILES string of the molecule is CCC/C=N/N=C/C1=CC=CC(NC(=O)c2cc3c(cc2F)CCN(C(=O)N2CCCC2)C3)N1. The Balaban J connectivity index is 1.39. The molecule has 1 aromatic rings. The lowest BCUT2D eigenvalue weighted by Gasteiger charge is -2.32. The second-order valence-corrected chi connectivity index (χ2v) is 8.68. The van der Waals surface area contributed by atoms with Gasteiger partial charge in [-0.3, -0.25) is 4.79 Å². The van der Waals surface area contributed by atoms with Crippen molar-refractivity contribution >= 4 is 24.4 Å². The number of carbonyl (C=O) groups excluding carboxylic acids is 2. The van der Waals surface area contributed by atoms with Gasteiger partial charge in [0.2, 0.25) is 0 Å². The normalized spacial score (nSPS) is 19.9. The van der Waals surface area contributed by atoms with Crippen LogP contribution in [-0.4, -0.2) is 60.0 Å². The summed E-state index contributed by atoms with van der Waals surface area (Å²) in [6.45, 7) is 4.58. The van der Waals surface area contributed by atoms with Gasteiger partial charge in [0.05, 0.1) is 17.5 Å². The second-order valence-electron chi connectivity index (χ2n) is 8.68. The minimum Gasteiger partial charge on any atom is -0.361 e. The standard InChI is InChI=1S/C25H31FN6O2/c1-2-3-10-27-28-16-20-7-6-8-23(29-20)30-24(33)21-14-19-17-32(13-9-18(19)15-22(21)26)25(34)31-11-4-5-12-31/h6-8,10,14-16,23,29H,2-5,9,11-13,17H2,1H3,(H,30,33)/b27-10+,28-16+. The number of allylic oxidation sites excluding steroid dienone is 3. The number of hydrogen-bond acceptors (Lipinski definition) is 5. The van der Waals surface area contributed by atoms with E-state index in [0.717, 1.165) is 49.9 Å². The fourth-order valence-electron chi connectivity index (χ4n) is 4.28. The number of rotatable bonds is 6. The average molecular weight is 467 g/mol. The van der Waals surface area contributed by atoms with Gasteiger partial charge in [0.15, 0.2) is 0 Å². The van der Waals surface area contributed by atoms with Gasteiger partial charge in [-0.1, -0.05) is 19.4 Å². The molecule has 0 aliphatic carbocycles. The van der Waals surface area contributed by atoms with Crippen molar-refractivity contribution in [2.24, 2.45) is 10.2 Å². The van der Waals surface area contributed by atoms with E-state index in [4.69, 9.17) is 0 Å². The maximum absolute atomic E-state index is 14.8. The van der Waals surface area contributed by atoms with E-state index in [1.807, 2.05) is 11.0 Å². The first kappa shape index (κ1) is 23.7. The highest BCUT2D eigenvalue weighted by Crippen LogP contribution is 2.24. The zero-order valence-corrected chi connectivity index (χ0v) is 19.5. The number of nitrogens with one attached hydrogen (secondary N) is 2. The molecule has 3 aliphatic rings. The van der Waals surface area contributed by atoms with Crippen molar-refractivity contribution in [1.82, 2.24) is 20.4 Å². The number of carbonyl (C=O) groups is 2. The van der Waals surface area contributed by atoms with Crippen molar-refractivity contribution in [2.75, 3.05) is 19.6 Å². The molecule has 0 saturated carbocycles. The molecule has 4 rings (SSSR count). The van der Waals surface area contributed by atoms with Crippen molar-refractivity contribution < 1.29 is 14.0 Å². The molecule has 3 aliphatic heterocycles. The van der Waals surface area contributed by atoms with Gasteiger partial charge < -0.3 is 20.4 Å². The Morgan fingerprint density at radius 1 is 1.18 bits per heavy atom. The molecule has 1 saturated heterocycles. The van der Waals surface area contributed by atoms with Gasteiger partial charge >= 0.3 is 6.03 Å². The highest BCUT2D eigenvalue weighted by Gasteiger charge is 2.28. The molecule has 2 N–H and O–H groups in total. The van der Waals surface area contributed by atoms with Gasteiger partial charge in [-0.05, 0) is 61.1 Å². The first-order valence-corrected chi connectivity index (χ1v) is 11.9. The topological polar surface area (TPSA) is 89.4 Å². The van der Waals surface area contributed by atoms with Crippen LogP contribution in [0.5, 0.6) is 0 Å². The molecule has 34 heavy (non-hydrogen) atoms. The summed E-state index contributed by atoms with van der Waals surface area (Å²) in [4.78, 5) is 29.3. The number of halogens is 1. The third-order valence-corrected chi connectivity index (χ3v) is 6.14. The molecule has 0 bridgehead atoms. The summed E-state index contributed by atoms with van der Waals surface area (Å²) in [6.07, 6.45) is 12.7. The van der Waals surface area contributed by atoms with Crippen LogP contribution in [0.2, 0.25) is 0 Å². The Hall–Kier alpha value is -3.49. The van der Waals surface area contributed by atoms with Gasteiger partial charge in [-0.2, -0.15) is 10.2 Å². The number of dihydropyridines is 1. The molecule has 1 fully saturated rings. The minimum atomic E-state index is -0.557. The van der Waals surface area contributed by atoms with Crippen LogP contribution in [0.25, 0.3) is 0 Å². The van der Waals surface area contributed by atoms with E-state index in [2.05, 4.69) is 27.8 Å². The Morgan fingerprint density at radius 2 is 2.00 bits per heavy atom. The Morgan fingerprint density at radius 3 is 2.79 bits per heavy atom. The summed E-state index contributed by atoms with van der Waals surface area (Å²) in [6, 6.07) is 3.03. The van der Waals surface area contributed by atoms with Crippen LogP contribution in [-0.2, 0) is 13.0 Å². The van der Waals surface area contributed by atoms with E-state index >= 15 is 0 Å². The quantitative estimate of drug-likeness (QED) is 0.498. The monoisotopic (exact) mass is 466 g/mol. The number of likely N-dealkylation sites (tertiary alicyclic amines) is 1. The predicted molar refractivity (Wildman–Crippen MR) is 130 cm³/mol. The number of benzene rings is 1. The van der Waals surface area contributed by atoms with Gasteiger partial charge in [0, 0.05) is 32.4 Å². The van der Waals surface area contributed by atoms with Crippen LogP contribution in [0.15, 0.2) is 46.3 Å². The van der Waals surface area contributed by atoms with Gasteiger partial charge in [-0.25, -0.2) is 9.18 Å². The van der Waals surface area contributed by atoms with Crippen LogP contribution < -0.4 is 10.6 Å². The zero-order valence-electron chi connectivity index (χ0n) is 19.5. The summed E-state index contributed by atoms with van der Waals surface area (Å²) in [5.74, 6) is -1.08. The summed E-state index contributed by atoms with van der Waals surface area (Å²) < 4.78 is 14.8. The van der Waals surface area contributed by atoms with Crippen LogP contribution >= 0.6 is 0 Å². The molecule has 180 valence electrons. The molecule has 1 unspecified atom stereocenters. The second kappa shape index (κ2) is 11.1. The smallest absolute Gasteiger partial charge is 0.320 e. The largest absolute Gasteiger partial charge is 0.361 e. The highest BCUT2D eigenvalue weighted by molar-refractivity contribution is 5.95. The van der Waals surface area contributed by atoms with Crippen molar-refractivity contribution in [1.29, 1.82) is 0 Å². The van der Waals surface area contributed by atoms with E-state index in [0.29, 0.717) is 25.2 Å². The molecule has 3 amide bonds. The molecule has 8 nitrogen and oxygen atoms in total. The third kappa shape index (κ3) is 5.70. The Bertz CT molecular complexity index is 1040. The number of amides is 3. The Labute approximate surface area is 199 Å². The molecular formula is C25H31FN6O2. The van der Waals surface area contributed by atoms with Crippen LogP contribution in [0.1, 0.15) is 54.1 Å². The summed E-state index contributed by atoms with van der Waals surface area (Å²) in [5.41, 5.74) is 2.32. The summed E-state index contributed by atoms with van der Waals surface area (Å²) >= 11 is 0. The average Bonchev–Trinajstić information content (AvgIpc) is 3.38. The van der Waals surface area contributed by atoms with E-state index in [1.54, 1.807) is 35.5 Å². The number of nitrogens with zero attached hydrogens (tertiary/aromatic N) is 4. The van der Waals surface area contributed by atoms with Crippen LogP contribution in [0.3, 0.4) is 0 Å². The summed E-state index contributed by atoms with van der Waals surface area (Å²) in [5, 5.41) is 13.9. The lowest BCUT2D eigenvalue weighted by atomic mass is 9.96. The lowest BCUT2D eigenvalue weighted by Crippen LogP contribution is -2.45. The maximum Gasteiger partial charge on any atom is 0.320 e. The van der Waals surface area contributed by atoms with E-state index < -0.39 is 17.9 Å². The number of unbranched alkanes of at least 4 members (excludes halogenated alkanes) is 1. The van der Waals surface area contributed by atoms with Crippen LogP contribution in [0, 0.1) is 5.82 Å². The molecule has 0 aromatic heterocycles. The number of fused-ring (bicyclic) bond motifs is 1. The lowest BCUT2D eigenvalue weighted by molar-refractivity contribution is 0.0936. The summed E-state index contributed by atoms with van der Waals surface area (Å²) in [7, 11) is 0.